The van der Waals surface area contributed by atoms with Crippen LogP contribution in [0.15, 0.2) is 73.8 Å². The van der Waals surface area contributed by atoms with Crippen LogP contribution in [0.3, 0.4) is 0 Å². The number of amides is 2. The Morgan fingerprint density at radius 3 is 2.35 bits per heavy atom. The van der Waals surface area contributed by atoms with Crippen LogP contribution in [0, 0.1) is 36.0 Å². The fraction of sp³-hybridized carbons (Fsp3) is 0.304. The van der Waals surface area contributed by atoms with E-state index in [1.165, 1.54) is 0 Å². The van der Waals surface area contributed by atoms with Crippen molar-refractivity contribution < 1.29 is 14.7 Å². The summed E-state index contributed by atoms with van der Waals surface area (Å²) in [5, 5.41) is 36.1. The lowest BCUT2D eigenvalue weighted by molar-refractivity contribution is -0.118. The molecule has 0 bridgehead atoms. The average Bonchev–Trinajstić information content (AvgIpc) is 4.22. The van der Waals surface area contributed by atoms with Crippen molar-refractivity contribution in [1.29, 1.82) is 5.26 Å². The van der Waals surface area contributed by atoms with Crippen molar-refractivity contribution in [3.63, 3.8) is 0 Å². The van der Waals surface area contributed by atoms with E-state index in [2.05, 4.69) is 47.1 Å². The number of nitrogens with one attached hydrogen (secondary N) is 3. The van der Waals surface area contributed by atoms with Gasteiger partial charge in [0.1, 0.15) is 23.3 Å². The molecule has 7 aromatic heterocycles. The molecule has 2 unspecified atom stereocenters. The number of hydrogen-bond acceptors (Lipinski definition) is 13. The summed E-state index contributed by atoms with van der Waals surface area (Å²) in [7, 11) is 1.86. The lowest BCUT2D eigenvalue weighted by Crippen LogP contribution is -2.16. The van der Waals surface area contributed by atoms with E-state index in [1.54, 1.807) is 54.1 Å². The van der Waals surface area contributed by atoms with Gasteiger partial charge in [0.15, 0.2) is 0 Å². The molecule has 316 valence electrons. The first-order valence-electron chi connectivity index (χ1n) is 20.9. The van der Waals surface area contributed by atoms with Crippen LogP contribution in [0.5, 0.6) is 0 Å². The van der Waals surface area contributed by atoms with Crippen molar-refractivity contribution in [2.75, 3.05) is 28.3 Å². The number of hydrogen-bond donors (Lipinski definition) is 5. The molecule has 7 aromatic rings. The summed E-state index contributed by atoms with van der Waals surface area (Å²) in [6, 6.07) is 9.41. The monoisotopic (exact) mass is 859 g/mol. The number of nitrogens with two attached hydrogens (primary N) is 1. The van der Waals surface area contributed by atoms with Gasteiger partial charge in [-0.25, -0.2) is 19.9 Å². The zero-order chi connectivity index (χ0) is 43.5. The number of aromatic nitrogens is 8. The van der Waals surface area contributed by atoms with E-state index in [-0.39, 0.29) is 54.1 Å². The predicted molar refractivity (Wildman–Crippen MR) is 238 cm³/mol. The van der Waals surface area contributed by atoms with Crippen molar-refractivity contribution in [3.05, 3.63) is 101 Å². The van der Waals surface area contributed by atoms with E-state index in [1.807, 2.05) is 38.4 Å². The summed E-state index contributed by atoms with van der Waals surface area (Å²) in [5.41, 5.74) is 13.0. The molecule has 6 N–H and O–H groups in total. The molecular weight excluding hydrogens is 818 g/mol. The molecule has 0 saturated heterocycles. The van der Waals surface area contributed by atoms with Crippen LogP contribution in [-0.4, -0.2) is 69.3 Å². The van der Waals surface area contributed by atoms with Crippen molar-refractivity contribution in [2.45, 2.75) is 56.9 Å². The molecule has 3 fully saturated rings. The van der Waals surface area contributed by atoms with E-state index < -0.39 is 0 Å². The van der Waals surface area contributed by atoms with Crippen molar-refractivity contribution in [2.24, 2.45) is 24.8 Å². The van der Waals surface area contributed by atoms with Crippen LogP contribution in [-0.2, 0) is 23.1 Å². The van der Waals surface area contributed by atoms with Crippen molar-refractivity contribution in [3.8, 4) is 28.6 Å². The minimum Gasteiger partial charge on any atom is -0.396 e. The SMILES string of the molecule is Cc1ccncc1-c1nc(N)c2cnc(NC(=O)[C@H]3C[C@@H]3CC#N)cc2c1C1CC1Nc1nc(-c2cnccc2CCO)c(Cl)c2cc(NC(=O)[C@H]3C[C@@H]3c3cnn(C)c3)ncc12. The van der Waals surface area contributed by atoms with Gasteiger partial charge in [-0.2, -0.15) is 10.4 Å². The average molecular weight is 860 g/mol. The van der Waals surface area contributed by atoms with Gasteiger partial charge in [0.2, 0.25) is 11.8 Å². The first-order chi connectivity index (χ1) is 30.6. The van der Waals surface area contributed by atoms with Gasteiger partial charge in [0, 0.05) is 115 Å². The number of carbonyl (C=O) groups excluding carboxylic acids is 2. The number of fused-ring (bicyclic) bond motifs is 2. The standard InChI is InChI=1S/C46H42ClN13O3/c1-22-4-8-50-17-32(22)41-39(28-14-37(52-19-34(28)43(49)58-41)56-45(62)27-11-24(27)3-7-48)31-13-36(31)55-44-35-20-53-38(57-46(63)30-12-26(30)25-16-54-60(2)21-25)15-29(35)40(47)42(59-44)33-18-51-9-5-23(33)6-10-61/h4-5,8-9,14-21,24,26-27,30-31,36,61H,3,6,10-13H2,1-2H3,(H2,49,58)(H,55,59)(H,52,56,62)(H,53,57,63)/t24-,26+,27-,30-,31?,36?/m0/s1. The van der Waals surface area contributed by atoms with Gasteiger partial charge in [0.05, 0.1) is 28.7 Å². The van der Waals surface area contributed by atoms with Crippen LogP contribution in [0.25, 0.3) is 44.1 Å². The highest BCUT2D eigenvalue weighted by atomic mass is 35.5. The molecule has 3 aliphatic carbocycles. The van der Waals surface area contributed by atoms with Crippen LogP contribution in [0.2, 0.25) is 5.02 Å². The molecule has 0 radical (unpaired) electrons. The van der Waals surface area contributed by atoms with Gasteiger partial charge < -0.3 is 26.8 Å². The van der Waals surface area contributed by atoms with E-state index >= 15 is 0 Å². The van der Waals surface area contributed by atoms with Gasteiger partial charge >= 0.3 is 0 Å². The predicted octanol–water partition coefficient (Wildman–Crippen LogP) is 6.71. The Balaban J connectivity index is 1.02. The third-order valence-corrected chi connectivity index (χ3v) is 12.9. The summed E-state index contributed by atoms with van der Waals surface area (Å²) in [4.78, 5) is 54.8. The minimum atomic E-state index is -0.225. The number of aliphatic hydroxyl groups is 1. The largest absolute Gasteiger partial charge is 0.396 e. The number of carbonyl (C=O) groups is 2. The second-order valence-corrected chi connectivity index (χ2v) is 17.1. The normalized spacial score (nSPS) is 20.9. The molecule has 7 heterocycles. The maximum absolute atomic E-state index is 13.5. The Labute approximate surface area is 366 Å². The molecule has 2 amide bonds. The van der Waals surface area contributed by atoms with E-state index in [0.29, 0.717) is 87.1 Å². The summed E-state index contributed by atoms with van der Waals surface area (Å²) < 4.78 is 1.74. The van der Waals surface area contributed by atoms with Gasteiger partial charge in [-0.1, -0.05) is 11.6 Å². The molecule has 0 spiro atoms. The second kappa shape index (κ2) is 16.0. The van der Waals surface area contributed by atoms with Crippen LogP contribution >= 0.6 is 11.6 Å². The number of anilines is 4. The Morgan fingerprint density at radius 2 is 1.62 bits per heavy atom. The number of nitrogen functional groups attached to an aromatic ring is 1. The van der Waals surface area contributed by atoms with Crippen molar-refractivity contribution >= 4 is 68.2 Å². The summed E-state index contributed by atoms with van der Waals surface area (Å²) in [6.45, 7) is 1.92. The first-order valence-corrected chi connectivity index (χ1v) is 21.2. The van der Waals surface area contributed by atoms with E-state index in [9.17, 15) is 14.7 Å². The fourth-order valence-electron chi connectivity index (χ4n) is 8.80. The van der Waals surface area contributed by atoms with Gasteiger partial charge in [0.25, 0.3) is 0 Å². The van der Waals surface area contributed by atoms with Crippen molar-refractivity contribution in [1.82, 2.24) is 39.7 Å². The molecule has 16 nitrogen and oxygen atoms in total. The quantitative estimate of drug-likeness (QED) is 0.0812. The fourth-order valence-corrected chi connectivity index (χ4v) is 9.10. The molecule has 0 aromatic carbocycles. The lowest BCUT2D eigenvalue weighted by Gasteiger charge is -2.18. The lowest BCUT2D eigenvalue weighted by atomic mass is 9.95. The molecule has 17 heteroatoms. The molecule has 3 saturated carbocycles. The number of nitriles is 1. The number of aryl methyl sites for hydroxylation is 2. The Hall–Kier alpha value is -7.09. The van der Waals surface area contributed by atoms with Gasteiger partial charge in [-0.3, -0.25) is 24.2 Å². The number of nitrogens with zero attached hydrogens (tertiary/aromatic N) is 9. The third kappa shape index (κ3) is 7.63. The zero-order valence-electron chi connectivity index (χ0n) is 34.4. The Kier molecular flexibility index (Phi) is 10.2. The van der Waals surface area contributed by atoms with Crippen LogP contribution < -0.4 is 21.7 Å². The topological polar surface area (TPSA) is 235 Å². The third-order valence-electron chi connectivity index (χ3n) is 12.5. The number of halogens is 1. The molecular formula is C46H42ClN13O3. The summed E-state index contributed by atoms with van der Waals surface area (Å²) in [5.74, 6) is 0.905. The van der Waals surface area contributed by atoms with Gasteiger partial charge in [-0.05, 0) is 96.3 Å². The van der Waals surface area contributed by atoms with E-state index in [0.717, 1.165) is 39.6 Å². The highest BCUT2D eigenvalue weighted by Crippen LogP contribution is 2.52. The maximum atomic E-state index is 13.5. The zero-order valence-corrected chi connectivity index (χ0v) is 35.1. The Bertz CT molecular complexity index is 3040. The number of aliphatic hydroxyl groups excluding tert-OH is 1. The van der Waals surface area contributed by atoms with Crippen LogP contribution in [0.1, 0.15) is 59.8 Å². The first kappa shape index (κ1) is 40.0. The maximum Gasteiger partial charge on any atom is 0.229 e. The second-order valence-electron chi connectivity index (χ2n) is 16.7. The summed E-state index contributed by atoms with van der Waals surface area (Å²) >= 11 is 7.26. The molecule has 3 aliphatic rings. The highest BCUT2D eigenvalue weighted by molar-refractivity contribution is 6.38. The van der Waals surface area contributed by atoms with Gasteiger partial charge in [-0.15, -0.1) is 0 Å². The highest BCUT2D eigenvalue weighted by Gasteiger charge is 2.46. The van der Waals surface area contributed by atoms with Crippen LogP contribution in [0.4, 0.5) is 23.3 Å². The minimum absolute atomic E-state index is 0.0516. The van der Waals surface area contributed by atoms with E-state index in [4.69, 9.17) is 32.6 Å². The summed E-state index contributed by atoms with van der Waals surface area (Å²) in [6.07, 6.45) is 16.7. The molecule has 0 aliphatic heterocycles. The molecule has 6 atom stereocenters. The smallest absolute Gasteiger partial charge is 0.229 e. The molecule has 10 rings (SSSR count). The Morgan fingerprint density at radius 1 is 0.889 bits per heavy atom. The molecule has 63 heavy (non-hydrogen) atoms. The number of pyridine rings is 6. The number of rotatable bonds is 13.